The number of carbonyl (C=O) groups excluding carboxylic acids is 1. The Morgan fingerprint density at radius 2 is 2.07 bits per heavy atom. The molecule has 0 bridgehead atoms. The lowest BCUT2D eigenvalue weighted by molar-refractivity contribution is 0.0700. The molecule has 2 aromatic heterocycles. The predicted molar refractivity (Wildman–Crippen MR) is 109 cm³/mol. The Morgan fingerprint density at radius 1 is 1.25 bits per heavy atom. The van der Waals surface area contributed by atoms with Gasteiger partial charge < -0.3 is 15.2 Å². The van der Waals surface area contributed by atoms with Crippen LogP contribution in [0.25, 0.3) is 10.2 Å². The highest BCUT2D eigenvalue weighted by Crippen LogP contribution is 2.33. The molecule has 3 aromatic rings. The molecule has 6 nitrogen and oxygen atoms in total. The molecule has 1 aliphatic carbocycles. The number of amides is 1. The van der Waals surface area contributed by atoms with Crippen LogP contribution in [0.5, 0.6) is 11.5 Å². The second-order valence-corrected chi connectivity index (χ2v) is 8.23. The molecule has 0 radical (unpaired) electrons. The maximum Gasteiger partial charge on any atom is 0.269 e. The van der Waals surface area contributed by atoms with Gasteiger partial charge in [-0.3, -0.25) is 9.78 Å². The van der Waals surface area contributed by atoms with Crippen LogP contribution in [0.2, 0.25) is 0 Å². The normalized spacial score (nSPS) is 19.5. The number of aliphatic hydroxyl groups excluding tert-OH is 1. The van der Waals surface area contributed by atoms with Crippen molar-refractivity contribution in [3.63, 3.8) is 0 Å². The van der Waals surface area contributed by atoms with Gasteiger partial charge in [-0.05, 0) is 37.0 Å². The second-order valence-electron chi connectivity index (χ2n) is 7.11. The Kier molecular flexibility index (Phi) is 5.54. The molecule has 0 aliphatic heterocycles. The number of hydrogen-bond acceptors (Lipinski definition) is 6. The van der Waals surface area contributed by atoms with Crippen molar-refractivity contribution in [1.82, 2.24) is 15.3 Å². The monoisotopic (exact) mass is 397 g/mol. The quantitative estimate of drug-likeness (QED) is 0.681. The molecule has 1 fully saturated rings. The highest BCUT2D eigenvalue weighted by molar-refractivity contribution is 7.18. The van der Waals surface area contributed by atoms with Gasteiger partial charge in [-0.2, -0.15) is 0 Å². The highest BCUT2D eigenvalue weighted by atomic mass is 32.1. The topological polar surface area (TPSA) is 84.3 Å². The Balaban J connectivity index is 1.51. The van der Waals surface area contributed by atoms with E-state index in [1.165, 1.54) is 6.42 Å². The number of carbonyl (C=O) groups is 1. The number of fused-ring (bicyclic) bond motifs is 1. The molecule has 28 heavy (non-hydrogen) atoms. The van der Waals surface area contributed by atoms with E-state index in [9.17, 15) is 9.90 Å². The maximum absolute atomic E-state index is 11.7. The minimum atomic E-state index is -0.252. The molecule has 146 valence electrons. The second kappa shape index (κ2) is 8.24. The molecule has 0 unspecified atom stereocenters. The third kappa shape index (κ3) is 4.15. The Hall–Kier alpha value is -2.51. The van der Waals surface area contributed by atoms with Crippen molar-refractivity contribution >= 4 is 27.5 Å². The largest absolute Gasteiger partial charge is 0.457 e. The van der Waals surface area contributed by atoms with Crippen molar-refractivity contribution in [3.05, 3.63) is 47.2 Å². The van der Waals surface area contributed by atoms with Gasteiger partial charge in [-0.15, -0.1) is 11.3 Å². The number of rotatable bonds is 5. The zero-order valence-electron chi connectivity index (χ0n) is 15.7. The first kappa shape index (κ1) is 18.8. The zero-order chi connectivity index (χ0) is 19.5. The zero-order valence-corrected chi connectivity index (χ0v) is 16.5. The number of nitrogens with one attached hydrogen (secondary N) is 1. The average Bonchev–Trinajstić information content (AvgIpc) is 3.11. The first-order valence-electron chi connectivity index (χ1n) is 9.56. The average molecular weight is 398 g/mol. The maximum atomic E-state index is 11.7. The van der Waals surface area contributed by atoms with Crippen LogP contribution in [-0.4, -0.2) is 34.1 Å². The van der Waals surface area contributed by atoms with Gasteiger partial charge in [-0.25, -0.2) is 4.98 Å². The standard InChI is InChI=1S/C21H23N3O3S/c1-22-21(26)17-11-15(8-9-23-17)27-14-6-7-16-19(12-14)28-20(24-16)10-13-4-2-3-5-18(13)25/h6-9,11-13,18,25H,2-5,10H2,1H3,(H,22,26)/t13-,18+/m1/s1. The fraction of sp³-hybridized carbons (Fsp3) is 0.381. The number of ether oxygens (including phenoxy) is 1. The third-order valence-electron chi connectivity index (χ3n) is 5.14. The van der Waals surface area contributed by atoms with Crippen LogP contribution in [0, 0.1) is 5.92 Å². The molecular formula is C21H23N3O3S. The van der Waals surface area contributed by atoms with Crippen LogP contribution in [0.4, 0.5) is 0 Å². The lowest BCUT2D eigenvalue weighted by Crippen LogP contribution is -2.26. The van der Waals surface area contributed by atoms with Crippen molar-refractivity contribution in [3.8, 4) is 11.5 Å². The first-order chi connectivity index (χ1) is 13.6. The predicted octanol–water partition coefficient (Wildman–Crippen LogP) is 3.94. The number of aliphatic hydroxyl groups is 1. The van der Waals surface area contributed by atoms with Gasteiger partial charge in [0.15, 0.2) is 0 Å². The molecule has 0 saturated heterocycles. The van der Waals surface area contributed by atoms with Crippen molar-refractivity contribution in [2.75, 3.05) is 7.05 Å². The van der Waals surface area contributed by atoms with Crippen molar-refractivity contribution in [2.45, 2.75) is 38.2 Å². The summed E-state index contributed by atoms with van der Waals surface area (Å²) in [7, 11) is 1.57. The van der Waals surface area contributed by atoms with E-state index in [-0.39, 0.29) is 12.0 Å². The summed E-state index contributed by atoms with van der Waals surface area (Å²) in [6.07, 6.45) is 6.46. The lowest BCUT2D eigenvalue weighted by Gasteiger charge is -2.26. The summed E-state index contributed by atoms with van der Waals surface area (Å²) in [6, 6.07) is 9.13. The van der Waals surface area contributed by atoms with Crippen molar-refractivity contribution in [1.29, 1.82) is 0 Å². The van der Waals surface area contributed by atoms with Crippen LogP contribution >= 0.6 is 11.3 Å². The third-order valence-corrected chi connectivity index (χ3v) is 6.18. The molecule has 0 spiro atoms. The van der Waals surface area contributed by atoms with Crippen molar-refractivity contribution < 1.29 is 14.6 Å². The molecule has 1 aliphatic rings. The fourth-order valence-corrected chi connectivity index (χ4v) is 4.71. The Bertz CT molecular complexity index is 988. The molecule has 2 N–H and O–H groups in total. The number of thiazole rings is 1. The van der Waals surface area contributed by atoms with Gasteiger partial charge in [0.25, 0.3) is 5.91 Å². The van der Waals surface area contributed by atoms with Crippen LogP contribution in [0.1, 0.15) is 41.2 Å². The number of benzene rings is 1. The summed E-state index contributed by atoms with van der Waals surface area (Å²) in [5.74, 6) is 1.31. The molecule has 2 atom stereocenters. The van der Waals surface area contributed by atoms with E-state index >= 15 is 0 Å². The highest BCUT2D eigenvalue weighted by Gasteiger charge is 2.24. The SMILES string of the molecule is CNC(=O)c1cc(Oc2ccc3nc(C[C@H]4CCCC[C@@H]4O)sc3c2)ccn1. The molecule has 7 heteroatoms. The Labute approximate surface area is 167 Å². The Morgan fingerprint density at radius 3 is 2.89 bits per heavy atom. The van der Waals surface area contributed by atoms with Gasteiger partial charge in [0.05, 0.1) is 21.3 Å². The summed E-state index contributed by atoms with van der Waals surface area (Å²) in [5.41, 5.74) is 1.26. The van der Waals surface area contributed by atoms with E-state index in [2.05, 4.69) is 10.3 Å². The first-order valence-corrected chi connectivity index (χ1v) is 10.4. The van der Waals surface area contributed by atoms with E-state index in [0.29, 0.717) is 23.1 Å². The van der Waals surface area contributed by atoms with Crippen LogP contribution in [0.3, 0.4) is 0 Å². The number of pyridine rings is 1. The van der Waals surface area contributed by atoms with Gasteiger partial charge in [-0.1, -0.05) is 12.8 Å². The van der Waals surface area contributed by atoms with Gasteiger partial charge >= 0.3 is 0 Å². The number of hydrogen-bond donors (Lipinski definition) is 2. The van der Waals surface area contributed by atoms with E-state index in [1.54, 1.807) is 36.7 Å². The van der Waals surface area contributed by atoms with Crippen LogP contribution in [-0.2, 0) is 6.42 Å². The fourth-order valence-electron chi connectivity index (χ4n) is 3.62. The molecular weight excluding hydrogens is 374 g/mol. The lowest BCUT2D eigenvalue weighted by atomic mass is 9.84. The minimum absolute atomic E-state index is 0.208. The molecule has 4 rings (SSSR count). The van der Waals surface area contributed by atoms with Gasteiger partial charge in [0.1, 0.15) is 17.2 Å². The summed E-state index contributed by atoms with van der Waals surface area (Å²) in [5, 5.41) is 13.8. The molecule has 1 saturated carbocycles. The van der Waals surface area contributed by atoms with E-state index < -0.39 is 0 Å². The number of aromatic nitrogens is 2. The molecule has 1 aromatic carbocycles. The smallest absolute Gasteiger partial charge is 0.269 e. The summed E-state index contributed by atoms with van der Waals surface area (Å²) in [6.45, 7) is 0. The summed E-state index contributed by atoms with van der Waals surface area (Å²) >= 11 is 1.65. The van der Waals surface area contributed by atoms with E-state index in [1.807, 2.05) is 18.2 Å². The molecule has 2 heterocycles. The van der Waals surface area contributed by atoms with Crippen LogP contribution in [0.15, 0.2) is 36.5 Å². The van der Waals surface area contributed by atoms with E-state index in [0.717, 1.165) is 40.9 Å². The minimum Gasteiger partial charge on any atom is -0.457 e. The van der Waals surface area contributed by atoms with Crippen LogP contribution < -0.4 is 10.1 Å². The summed E-state index contributed by atoms with van der Waals surface area (Å²) < 4.78 is 6.97. The summed E-state index contributed by atoms with van der Waals surface area (Å²) in [4.78, 5) is 20.5. The van der Waals surface area contributed by atoms with Crippen molar-refractivity contribution in [2.24, 2.45) is 5.92 Å². The van der Waals surface area contributed by atoms with Gasteiger partial charge in [0, 0.05) is 31.8 Å². The molecule has 1 amide bonds. The van der Waals surface area contributed by atoms with Gasteiger partial charge in [0.2, 0.25) is 0 Å². The van der Waals surface area contributed by atoms with E-state index in [4.69, 9.17) is 9.72 Å². The number of nitrogens with zero attached hydrogens (tertiary/aromatic N) is 2.